The van der Waals surface area contributed by atoms with Gasteiger partial charge < -0.3 is 5.32 Å². The van der Waals surface area contributed by atoms with Gasteiger partial charge in [-0.1, -0.05) is 27.7 Å². The summed E-state index contributed by atoms with van der Waals surface area (Å²) >= 11 is 0. The molecule has 130 valence electrons. The van der Waals surface area contributed by atoms with Crippen molar-refractivity contribution in [3.8, 4) is 0 Å². The summed E-state index contributed by atoms with van der Waals surface area (Å²) in [5.41, 5.74) is 3.87. The van der Waals surface area contributed by atoms with Crippen molar-refractivity contribution < 1.29 is 4.79 Å². The molecule has 2 rings (SSSR count). The molecule has 1 N–H and O–H groups in total. The van der Waals surface area contributed by atoms with Crippen LogP contribution in [0.1, 0.15) is 61.6 Å². The lowest BCUT2D eigenvalue weighted by molar-refractivity contribution is 0.102. The predicted molar refractivity (Wildman–Crippen MR) is 95.2 cm³/mol. The monoisotopic (exact) mass is 329 g/mol. The largest absolute Gasteiger partial charge is 0.319 e. The maximum Gasteiger partial charge on any atom is 0.257 e. The molecule has 0 spiro atoms. The second-order valence-electron chi connectivity index (χ2n) is 6.42. The number of aromatic nitrogens is 4. The van der Waals surface area contributed by atoms with E-state index in [4.69, 9.17) is 0 Å². The molecule has 0 saturated heterocycles. The molecular formula is C18H27N5O. The molecule has 0 aliphatic carbocycles. The van der Waals surface area contributed by atoms with Crippen LogP contribution in [0.5, 0.6) is 0 Å². The van der Waals surface area contributed by atoms with Crippen LogP contribution in [0.25, 0.3) is 0 Å². The minimum atomic E-state index is -0.150. The summed E-state index contributed by atoms with van der Waals surface area (Å²) in [6.07, 6.45) is 4.30. The molecule has 0 aromatic carbocycles. The second kappa shape index (κ2) is 8.04. The average molecular weight is 329 g/mol. The van der Waals surface area contributed by atoms with Gasteiger partial charge >= 0.3 is 0 Å². The first kappa shape index (κ1) is 18.1. The van der Waals surface area contributed by atoms with Gasteiger partial charge in [0.2, 0.25) is 0 Å². The van der Waals surface area contributed by atoms with Crippen LogP contribution < -0.4 is 5.32 Å². The van der Waals surface area contributed by atoms with E-state index in [-0.39, 0.29) is 5.91 Å². The molecule has 0 unspecified atom stereocenters. The fourth-order valence-corrected chi connectivity index (χ4v) is 2.62. The van der Waals surface area contributed by atoms with Gasteiger partial charge in [-0.15, -0.1) is 0 Å². The zero-order valence-electron chi connectivity index (χ0n) is 15.3. The van der Waals surface area contributed by atoms with E-state index in [0.717, 1.165) is 36.5 Å². The van der Waals surface area contributed by atoms with Gasteiger partial charge in [-0.05, 0) is 38.2 Å². The average Bonchev–Trinajstić information content (AvgIpc) is 2.94. The van der Waals surface area contributed by atoms with Crippen LogP contribution >= 0.6 is 0 Å². The molecule has 0 aliphatic rings. The zero-order valence-corrected chi connectivity index (χ0v) is 15.3. The van der Waals surface area contributed by atoms with Gasteiger partial charge in [0.05, 0.1) is 34.5 Å². The molecule has 0 saturated carbocycles. The molecule has 0 fully saturated rings. The number of nitrogens with zero attached hydrogens (tertiary/aromatic N) is 4. The van der Waals surface area contributed by atoms with E-state index < -0.39 is 0 Å². The molecule has 0 radical (unpaired) electrons. The standard InChI is InChI=1S/C18H27N5O/c1-6-15-14(10-13(5)21-22-15)18(24)20-16-11-19-23(17(16)7-2)9-8-12(3)4/h10-12H,6-9H2,1-5H3,(H,20,24). The third-order valence-corrected chi connectivity index (χ3v) is 4.02. The smallest absolute Gasteiger partial charge is 0.257 e. The topological polar surface area (TPSA) is 72.7 Å². The maximum atomic E-state index is 12.7. The molecule has 6 heteroatoms. The Morgan fingerprint density at radius 2 is 2.00 bits per heavy atom. The third kappa shape index (κ3) is 4.19. The Morgan fingerprint density at radius 1 is 1.25 bits per heavy atom. The summed E-state index contributed by atoms with van der Waals surface area (Å²) in [5.74, 6) is 0.470. The number of carbonyl (C=O) groups is 1. The van der Waals surface area contributed by atoms with Crippen LogP contribution in [-0.4, -0.2) is 25.9 Å². The van der Waals surface area contributed by atoms with Crippen molar-refractivity contribution in [1.82, 2.24) is 20.0 Å². The second-order valence-corrected chi connectivity index (χ2v) is 6.42. The number of rotatable bonds is 7. The van der Waals surface area contributed by atoms with E-state index in [0.29, 0.717) is 23.6 Å². The normalized spacial score (nSPS) is 11.1. The number of hydrogen-bond donors (Lipinski definition) is 1. The molecule has 0 bridgehead atoms. The van der Waals surface area contributed by atoms with Gasteiger partial charge in [-0.2, -0.15) is 15.3 Å². The molecular weight excluding hydrogens is 302 g/mol. The van der Waals surface area contributed by atoms with Crippen LogP contribution in [0.3, 0.4) is 0 Å². The number of nitrogens with one attached hydrogen (secondary N) is 1. The van der Waals surface area contributed by atoms with E-state index in [9.17, 15) is 4.79 Å². The molecule has 2 heterocycles. The molecule has 2 aromatic rings. The molecule has 0 aliphatic heterocycles. The van der Waals surface area contributed by atoms with E-state index in [1.165, 1.54) is 0 Å². The Balaban J connectivity index is 2.22. The third-order valence-electron chi connectivity index (χ3n) is 4.02. The first-order chi connectivity index (χ1) is 11.5. The van der Waals surface area contributed by atoms with E-state index in [1.54, 1.807) is 12.3 Å². The number of aryl methyl sites for hydroxylation is 3. The van der Waals surface area contributed by atoms with Crippen molar-refractivity contribution >= 4 is 11.6 Å². The SMILES string of the molecule is CCc1nnc(C)cc1C(=O)Nc1cnn(CCC(C)C)c1CC. The Morgan fingerprint density at radius 3 is 2.62 bits per heavy atom. The van der Waals surface area contributed by atoms with Crippen molar-refractivity contribution in [1.29, 1.82) is 0 Å². The zero-order chi connectivity index (χ0) is 17.7. The molecule has 1 amide bonds. The highest BCUT2D eigenvalue weighted by Crippen LogP contribution is 2.19. The van der Waals surface area contributed by atoms with Crippen LogP contribution in [0.4, 0.5) is 5.69 Å². The summed E-state index contributed by atoms with van der Waals surface area (Å²) < 4.78 is 1.99. The van der Waals surface area contributed by atoms with Gasteiger partial charge in [0.25, 0.3) is 5.91 Å². The van der Waals surface area contributed by atoms with E-state index >= 15 is 0 Å². The highest BCUT2D eigenvalue weighted by Gasteiger charge is 2.17. The lowest BCUT2D eigenvalue weighted by atomic mass is 10.1. The Hall–Kier alpha value is -2.24. The molecule has 6 nitrogen and oxygen atoms in total. The van der Waals surface area contributed by atoms with Crippen molar-refractivity contribution in [3.05, 3.63) is 34.9 Å². The lowest BCUT2D eigenvalue weighted by Gasteiger charge is -2.11. The first-order valence-corrected chi connectivity index (χ1v) is 8.65. The number of anilines is 1. The van der Waals surface area contributed by atoms with Gasteiger partial charge in [-0.25, -0.2) is 0 Å². The summed E-state index contributed by atoms with van der Waals surface area (Å²) in [4.78, 5) is 12.7. The quantitative estimate of drug-likeness (QED) is 0.845. The summed E-state index contributed by atoms with van der Waals surface area (Å²) in [6, 6.07) is 1.79. The lowest BCUT2D eigenvalue weighted by Crippen LogP contribution is -2.17. The fraction of sp³-hybridized carbons (Fsp3) is 0.556. The fourth-order valence-electron chi connectivity index (χ4n) is 2.62. The first-order valence-electron chi connectivity index (χ1n) is 8.65. The summed E-state index contributed by atoms with van der Waals surface area (Å²) in [6.45, 7) is 11.1. The van der Waals surface area contributed by atoms with Crippen molar-refractivity contribution in [2.45, 2.75) is 60.4 Å². The van der Waals surface area contributed by atoms with Crippen LogP contribution in [0, 0.1) is 12.8 Å². The van der Waals surface area contributed by atoms with Gasteiger partial charge in [0.1, 0.15) is 0 Å². The highest BCUT2D eigenvalue weighted by atomic mass is 16.1. The minimum Gasteiger partial charge on any atom is -0.319 e. The number of carbonyl (C=O) groups excluding carboxylic acids is 1. The van der Waals surface area contributed by atoms with Crippen LogP contribution in [-0.2, 0) is 19.4 Å². The number of hydrogen-bond acceptors (Lipinski definition) is 4. The predicted octanol–water partition coefficient (Wildman–Crippen LogP) is 3.40. The summed E-state index contributed by atoms with van der Waals surface area (Å²) in [5, 5.41) is 15.6. The molecule has 2 aromatic heterocycles. The van der Waals surface area contributed by atoms with Gasteiger partial charge in [0, 0.05) is 6.54 Å². The van der Waals surface area contributed by atoms with Crippen molar-refractivity contribution in [3.63, 3.8) is 0 Å². The van der Waals surface area contributed by atoms with Crippen molar-refractivity contribution in [2.24, 2.45) is 5.92 Å². The molecule has 0 atom stereocenters. The number of amides is 1. The van der Waals surface area contributed by atoms with Crippen LogP contribution in [0.15, 0.2) is 12.3 Å². The van der Waals surface area contributed by atoms with Gasteiger partial charge in [0.15, 0.2) is 0 Å². The Kier molecular flexibility index (Phi) is 6.06. The Labute approximate surface area is 143 Å². The van der Waals surface area contributed by atoms with E-state index in [1.807, 2.05) is 18.5 Å². The van der Waals surface area contributed by atoms with Crippen molar-refractivity contribution in [2.75, 3.05) is 5.32 Å². The highest BCUT2D eigenvalue weighted by molar-refractivity contribution is 6.05. The minimum absolute atomic E-state index is 0.150. The maximum absolute atomic E-state index is 12.7. The summed E-state index contributed by atoms with van der Waals surface area (Å²) in [7, 11) is 0. The Bertz CT molecular complexity index is 705. The molecule has 24 heavy (non-hydrogen) atoms. The van der Waals surface area contributed by atoms with E-state index in [2.05, 4.69) is 41.4 Å². The van der Waals surface area contributed by atoms with Crippen LogP contribution in [0.2, 0.25) is 0 Å². The van der Waals surface area contributed by atoms with Gasteiger partial charge in [-0.3, -0.25) is 9.48 Å².